The molecule has 0 saturated heterocycles. The van der Waals surface area contributed by atoms with E-state index in [0.29, 0.717) is 17.1 Å². The molecule has 0 unspecified atom stereocenters. The second kappa shape index (κ2) is 5.73. The van der Waals surface area contributed by atoms with Crippen LogP contribution in [0.3, 0.4) is 0 Å². The van der Waals surface area contributed by atoms with Gasteiger partial charge in [0.25, 0.3) is 0 Å². The number of ether oxygens (including phenoxy) is 1. The van der Waals surface area contributed by atoms with Crippen LogP contribution in [-0.2, 0) is 0 Å². The molecule has 110 valence electrons. The van der Waals surface area contributed by atoms with Gasteiger partial charge < -0.3 is 9.84 Å². The zero-order valence-corrected chi connectivity index (χ0v) is 11.9. The Morgan fingerprint density at radius 3 is 2.45 bits per heavy atom. The van der Waals surface area contributed by atoms with Crippen LogP contribution in [0, 0.1) is 0 Å². The Bertz CT molecular complexity index is 810. The Balaban J connectivity index is 2.24. The monoisotopic (exact) mass is 294 g/mol. The van der Waals surface area contributed by atoms with Crippen molar-refractivity contribution in [3.05, 3.63) is 66.4 Å². The highest BCUT2D eigenvalue weighted by atomic mass is 16.5. The third-order valence-electron chi connectivity index (χ3n) is 3.31. The van der Waals surface area contributed by atoms with Crippen molar-refractivity contribution < 1.29 is 14.6 Å². The van der Waals surface area contributed by atoms with E-state index in [1.165, 1.54) is 0 Å². The van der Waals surface area contributed by atoms with Crippen LogP contribution < -0.4 is 4.74 Å². The van der Waals surface area contributed by atoms with Gasteiger partial charge in [-0.15, -0.1) is 0 Å². The number of aromatic nitrogens is 2. The summed E-state index contributed by atoms with van der Waals surface area (Å²) in [5, 5.41) is 13.4. The second-order valence-electron chi connectivity index (χ2n) is 4.67. The van der Waals surface area contributed by atoms with E-state index in [-0.39, 0.29) is 5.69 Å². The fourth-order valence-corrected chi connectivity index (χ4v) is 2.29. The van der Waals surface area contributed by atoms with Crippen molar-refractivity contribution in [1.82, 2.24) is 9.78 Å². The van der Waals surface area contributed by atoms with Crippen molar-refractivity contribution >= 4 is 5.97 Å². The van der Waals surface area contributed by atoms with Crippen molar-refractivity contribution in [2.24, 2.45) is 0 Å². The molecule has 0 radical (unpaired) electrons. The first-order valence-electron chi connectivity index (χ1n) is 6.73. The van der Waals surface area contributed by atoms with Gasteiger partial charge in [-0.3, -0.25) is 0 Å². The maximum absolute atomic E-state index is 11.3. The third kappa shape index (κ3) is 2.44. The van der Waals surface area contributed by atoms with Crippen molar-refractivity contribution in [3.8, 4) is 22.7 Å². The number of benzene rings is 2. The van der Waals surface area contributed by atoms with Gasteiger partial charge in [0.2, 0.25) is 0 Å². The number of carboxylic acids is 1. The minimum absolute atomic E-state index is 0.00948. The van der Waals surface area contributed by atoms with Gasteiger partial charge in [0.1, 0.15) is 11.4 Å². The van der Waals surface area contributed by atoms with Gasteiger partial charge in [-0.25, -0.2) is 9.48 Å². The summed E-state index contributed by atoms with van der Waals surface area (Å²) >= 11 is 0. The van der Waals surface area contributed by atoms with Crippen LogP contribution in [-0.4, -0.2) is 28.0 Å². The lowest BCUT2D eigenvalue weighted by atomic mass is 10.1. The van der Waals surface area contributed by atoms with Crippen molar-refractivity contribution in [3.63, 3.8) is 0 Å². The van der Waals surface area contributed by atoms with Crippen LogP contribution in [0.2, 0.25) is 0 Å². The number of methoxy groups -OCH3 is 1. The number of hydrogen-bond acceptors (Lipinski definition) is 3. The smallest absolute Gasteiger partial charge is 0.356 e. The van der Waals surface area contributed by atoms with E-state index >= 15 is 0 Å². The molecule has 0 aliphatic rings. The van der Waals surface area contributed by atoms with Gasteiger partial charge in [0.05, 0.1) is 12.8 Å². The van der Waals surface area contributed by atoms with E-state index in [1.807, 2.05) is 54.6 Å². The number of rotatable bonds is 4. The first-order chi connectivity index (χ1) is 10.7. The molecule has 1 heterocycles. The molecule has 2 aromatic carbocycles. The number of carboxylic acid groups (broad SMARTS) is 1. The minimum Gasteiger partial charge on any atom is -0.494 e. The fourth-order valence-electron chi connectivity index (χ4n) is 2.29. The summed E-state index contributed by atoms with van der Waals surface area (Å²) in [5.41, 5.74) is 2.26. The second-order valence-corrected chi connectivity index (χ2v) is 4.67. The highest BCUT2D eigenvalue weighted by Gasteiger charge is 2.17. The van der Waals surface area contributed by atoms with Crippen molar-refractivity contribution in [1.29, 1.82) is 0 Å². The van der Waals surface area contributed by atoms with Gasteiger partial charge in [0.15, 0.2) is 5.69 Å². The molecule has 5 nitrogen and oxygen atoms in total. The van der Waals surface area contributed by atoms with Gasteiger partial charge in [0, 0.05) is 5.56 Å². The Kier molecular flexibility index (Phi) is 3.62. The number of nitrogens with zero attached hydrogens (tertiary/aromatic N) is 2. The Labute approximate surface area is 127 Å². The topological polar surface area (TPSA) is 64.4 Å². The molecule has 0 amide bonds. The normalized spacial score (nSPS) is 10.4. The Morgan fingerprint density at radius 1 is 1.09 bits per heavy atom. The molecular formula is C17H14N2O3. The highest BCUT2D eigenvalue weighted by molar-refractivity contribution is 5.87. The lowest BCUT2D eigenvalue weighted by Crippen LogP contribution is -2.04. The number of hydrogen-bond donors (Lipinski definition) is 1. The zero-order chi connectivity index (χ0) is 15.5. The van der Waals surface area contributed by atoms with E-state index in [4.69, 9.17) is 4.74 Å². The molecule has 1 N–H and O–H groups in total. The van der Waals surface area contributed by atoms with Gasteiger partial charge in [-0.05, 0) is 18.2 Å². The summed E-state index contributed by atoms with van der Waals surface area (Å²) in [7, 11) is 1.57. The first kappa shape index (κ1) is 13.9. The largest absolute Gasteiger partial charge is 0.494 e. The molecule has 0 aliphatic heterocycles. The van der Waals surface area contributed by atoms with E-state index in [2.05, 4.69) is 5.10 Å². The van der Waals surface area contributed by atoms with Crippen LogP contribution in [0.25, 0.3) is 16.9 Å². The standard InChI is InChI=1S/C17H14N2O3/c1-22-16-10-6-5-9-14(16)19-15(11-13(18-19)17(20)21)12-7-3-2-4-8-12/h2-11H,1H3,(H,20,21). The summed E-state index contributed by atoms with van der Waals surface area (Å²) < 4.78 is 6.95. The molecule has 22 heavy (non-hydrogen) atoms. The summed E-state index contributed by atoms with van der Waals surface area (Å²) in [4.78, 5) is 11.3. The fraction of sp³-hybridized carbons (Fsp3) is 0.0588. The molecule has 3 rings (SSSR count). The third-order valence-corrected chi connectivity index (χ3v) is 3.31. The number of aromatic carboxylic acids is 1. The average molecular weight is 294 g/mol. The molecule has 0 aliphatic carbocycles. The van der Waals surface area contributed by atoms with Crippen LogP contribution in [0.1, 0.15) is 10.5 Å². The molecule has 0 bridgehead atoms. The molecule has 0 saturated carbocycles. The predicted octanol–water partition coefficient (Wildman–Crippen LogP) is 3.25. The number of para-hydroxylation sites is 2. The molecule has 0 fully saturated rings. The predicted molar refractivity (Wildman–Crippen MR) is 82.5 cm³/mol. The van der Waals surface area contributed by atoms with Crippen molar-refractivity contribution in [2.45, 2.75) is 0 Å². The van der Waals surface area contributed by atoms with Gasteiger partial charge >= 0.3 is 5.97 Å². The molecule has 5 heteroatoms. The lowest BCUT2D eigenvalue weighted by molar-refractivity contribution is 0.0690. The molecule has 3 aromatic rings. The van der Waals surface area contributed by atoms with Crippen LogP contribution in [0.4, 0.5) is 0 Å². The summed E-state index contributed by atoms with van der Waals surface area (Å²) in [6, 6.07) is 18.4. The minimum atomic E-state index is -1.06. The average Bonchev–Trinajstić information content (AvgIpc) is 3.01. The van der Waals surface area contributed by atoms with Gasteiger partial charge in [-0.2, -0.15) is 5.10 Å². The Morgan fingerprint density at radius 2 is 1.77 bits per heavy atom. The number of carbonyl (C=O) groups is 1. The van der Waals surface area contributed by atoms with E-state index in [1.54, 1.807) is 17.9 Å². The molecule has 0 atom stereocenters. The lowest BCUT2D eigenvalue weighted by Gasteiger charge is -2.11. The zero-order valence-electron chi connectivity index (χ0n) is 11.9. The van der Waals surface area contributed by atoms with E-state index in [0.717, 1.165) is 5.56 Å². The van der Waals surface area contributed by atoms with Crippen LogP contribution in [0.15, 0.2) is 60.7 Å². The van der Waals surface area contributed by atoms with E-state index < -0.39 is 5.97 Å². The van der Waals surface area contributed by atoms with Gasteiger partial charge in [-0.1, -0.05) is 42.5 Å². The Hall–Kier alpha value is -3.08. The van der Waals surface area contributed by atoms with Crippen LogP contribution in [0.5, 0.6) is 5.75 Å². The summed E-state index contributed by atoms with van der Waals surface area (Å²) in [5.74, 6) is -0.439. The summed E-state index contributed by atoms with van der Waals surface area (Å²) in [6.07, 6.45) is 0. The first-order valence-corrected chi connectivity index (χ1v) is 6.73. The molecule has 1 aromatic heterocycles. The van der Waals surface area contributed by atoms with Crippen LogP contribution >= 0.6 is 0 Å². The van der Waals surface area contributed by atoms with Crippen molar-refractivity contribution in [2.75, 3.05) is 7.11 Å². The highest BCUT2D eigenvalue weighted by Crippen LogP contribution is 2.28. The quantitative estimate of drug-likeness (QED) is 0.802. The van der Waals surface area contributed by atoms with E-state index in [9.17, 15) is 9.90 Å². The maximum Gasteiger partial charge on any atom is 0.356 e. The SMILES string of the molecule is COc1ccccc1-n1nc(C(=O)O)cc1-c1ccccc1. The molecular weight excluding hydrogens is 280 g/mol. The maximum atomic E-state index is 11.3. The molecule has 0 spiro atoms. The summed E-state index contributed by atoms with van der Waals surface area (Å²) in [6.45, 7) is 0.